The summed E-state index contributed by atoms with van der Waals surface area (Å²) in [5.74, 6) is -1.02. The second-order valence-corrected chi connectivity index (χ2v) is 7.18. The summed E-state index contributed by atoms with van der Waals surface area (Å²) in [5, 5.41) is 13.4. The van der Waals surface area contributed by atoms with Crippen LogP contribution in [-0.4, -0.2) is 30.3 Å². The van der Waals surface area contributed by atoms with Crippen LogP contribution in [-0.2, 0) is 4.74 Å². The Bertz CT molecular complexity index is 1140. The minimum absolute atomic E-state index is 0.00304. The van der Waals surface area contributed by atoms with Crippen LogP contribution in [0.2, 0.25) is 5.02 Å². The lowest BCUT2D eigenvalue weighted by Crippen LogP contribution is -2.34. The number of fused-ring (bicyclic) bond motifs is 1. The molecule has 1 aliphatic heterocycles. The van der Waals surface area contributed by atoms with Gasteiger partial charge >= 0.3 is 0 Å². The molecule has 0 radical (unpaired) electrons. The number of ether oxygens (including phenoxy) is 1. The van der Waals surface area contributed by atoms with Crippen LogP contribution in [0.3, 0.4) is 0 Å². The molecule has 1 saturated heterocycles. The summed E-state index contributed by atoms with van der Waals surface area (Å²) in [6.45, 7) is 1.04. The molecule has 0 spiro atoms. The highest BCUT2D eigenvalue weighted by Gasteiger charge is 2.19. The Morgan fingerprint density at radius 2 is 2.14 bits per heavy atom. The number of nitrogens with one attached hydrogen (secondary N) is 1. The van der Waals surface area contributed by atoms with Gasteiger partial charge in [0.05, 0.1) is 6.10 Å². The third-order valence-corrected chi connectivity index (χ3v) is 4.86. The molecule has 1 aliphatic rings. The van der Waals surface area contributed by atoms with Gasteiger partial charge in [0.15, 0.2) is 0 Å². The molecule has 150 valence electrons. The van der Waals surface area contributed by atoms with Crippen LogP contribution in [0, 0.1) is 5.82 Å². The second kappa shape index (κ2) is 8.23. The molecule has 2 heterocycles. The maximum atomic E-state index is 14.2. The van der Waals surface area contributed by atoms with Crippen molar-refractivity contribution in [2.45, 2.75) is 18.9 Å². The SMILES string of the molecule is O=C(NCC1CCCO1)c1cc2ccc(O)cc2oc1=Nc1cc(Cl)ccc1F. The zero-order chi connectivity index (χ0) is 20.4. The van der Waals surface area contributed by atoms with Crippen LogP contribution >= 0.6 is 11.6 Å². The summed E-state index contributed by atoms with van der Waals surface area (Å²) in [7, 11) is 0. The van der Waals surface area contributed by atoms with Gasteiger partial charge < -0.3 is 19.6 Å². The summed E-state index contributed by atoms with van der Waals surface area (Å²) < 4.78 is 25.4. The smallest absolute Gasteiger partial charge is 0.256 e. The molecule has 1 atom stereocenters. The summed E-state index contributed by atoms with van der Waals surface area (Å²) in [6, 6.07) is 10.0. The Hall–Kier alpha value is -2.90. The van der Waals surface area contributed by atoms with Crippen molar-refractivity contribution in [1.29, 1.82) is 0 Å². The molecule has 29 heavy (non-hydrogen) atoms. The Morgan fingerprint density at radius 3 is 2.93 bits per heavy atom. The number of nitrogens with zero attached hydrogens (tertiary/aromatic N) is 1. The minimum Gasteiger partial charge on any atom is -0.508 e. The molecule has 0 saturated carbocycles. The van der Waals surface area contributed by atoms with Gasteiger partial charge in [-0.15, -0.1) is 0 Å². The van der Waals surface area contributed by atoms with Crippen LogP contribution in [0.5, 0.6) is 5.75 Å². The van der Waals surface area contributed by atoms with E-state index in [4.69, 9.17) is 20.8 Å². The molecule has 0 aliphatic carbocycles. The molecule has 1 unspecified atom stereocenters. The first kappa shape index (κ1) is 19.4. The third kappa shape index (κ3) is 4.41. The van der Waals surface area contributed by atoms with Crippen molar-refractivity contribution >= 4 is 34.2 Å². The summed E-state index contributed by atoms with van der Waals surface area (Å²) in [4.78, 5) is 17.0. The third-order valence-electron chi connectivity index (χ3n) is 4.62. The molecule has 1 amide bonds. The number of rotatable bonds is 4. The van der Waals surface area contributed by atoms with Crippen molar-refractivity contribution in [3.05, 3.63) is 64.4 Å². The standard InChI is InChI=1S/C21H18ClFN2O4/c22-13-4-6-17(23)18(9-13)25-21-16(20(27)24-11-15-2-1-7-28-15)8-12-3-5-14(26)10-19(12)29-21/h3-6,8-10,15,26H,1-2,7,11H2,(H,24,27). The summed E-state index contributed by atoms with van der Waals surface area (Å²) in [6.07, 6.45) is 1.82. The second-order valence-electron chi connectivity index (χ2n) is 6.74. The molecule has 6 nitrogen and oxygen atoms in total. The summed E-state index contributed by atoms with van der Waals surface area (Å²) >= 11 is 5.94. The number of carbonyl (C=O) groups is 1. The highest BCUT2D eigenvalue weighted by Crippen LogP contribution is 2.23. The lowest BCUT2D eigenvalue weighted by atomic mass is 10.1. The first-order valence-electron chi connectivity index (χ1n) is 9.16. The van der Waals surface area contributed by atoms with E-state index < -0.39 is 11.7 Å². The van der Waals surface area contributed by atoms with Crippen molar-refractivity contribution in [2.24, 2.45) is 4.99 Å². The number of phenols is 1. The van der Waals surface area contributed by atoms with Gasteiger partial charge in [-0.3, -0.25) is 4.79 Å². The maximum absolute atomic E-state index is 14.2. The Balaban J connectivity index is 1.79. The molecule has 8 heteroatoms. The fourth-order valence-electron chi connectivity index (χ4n) is 3.14. The van der Waals surface area contributed by atoms with E-state index in [0.29, 0.717) is 29.1 Å². The molecule has 2 N–H and O–H groups in total. The van der Waals surface area contributed by atoms with Gasteiger partial charge in [0, 0.05) is 29.6 Å². The molecule has 0 bridgehead atoms. The van der Waals surface area contributed by atoms with E-state index in [2.05, 4.69) is 10.3 Å². The zero-order valence-electron chi connectivity index (χ0n) is 15.3. The first-order chi connectivity index (χ1) is 14.0. The largest absolute Gasteiger partial charge is 0.508 e. The van der Waals surface area contributed by atoms with Gasteiger partial charge in [0.2, 0.25) is 5.55 Å². The zero-order valence-corrected chi connectivity index (χ0v) is 16.1. The average Bonchev–Trinajstić information content (AvgIpc) is 3.22. The number of phenolic OH excluding ortho intramolecular Hbond substituents is 1. The van der Waals surface area contributed by atoms with E-state index in [1.165, 1.54) is 30.3 Å². The van der Waals surface area contributed by atoms with Crippen molar-refractivity contribution in [3.8, 4) is 5.75 Å². The van der Waals surface area contributed by atoms with E-state index in [1.807, 2.05) is 0 Å². The fraction of sp³-hybridized carbons (Fsp3) is 0.238. The number of amides is 1. The van der Waals surface area contributed by atoms with Crippen molar-refractivity contribution < 1.29 is 23.4 Å². The van der Waals surface area contributed by atoms with Crippen molar-refractivity contribution in [2.75, 3.05) is 13.2 Å². The van der Waals surface area contributed by atoms with Crippen LogP contribution in [0.4, 0.5) is 10.1 Å². The van der Waals surface area contributed by atoms with Gasteiger partial charge in [-0.05, 0) is 49.2 Å². The van der Waals surface area contributed by atoms with Crippen LogP contribution in [0.1, 0.15) is 23.2 Å². The average molecular weight is 417 g/mol. The van der Waals surface area contributed by atoms with E-state index in [9.17, 15) is 14.3 Å². The van der Waals surface area contributed by atoms with Gasteiger partial charge in [-0.2, -0.15) is 0 Å². The fourth-order valence-corrected chi connectivity index (χ4v) is 3.31. The monoisotopic (exact) mass is 416 g/mol. The lowest BCUT2D eigenvalue weighted by molar-refractivity contribution is 0.0854. The molecule has 1 aromatic heterocycles. The number of aromatic hydroxyl groups is 1. The van der Waals surface area contributed by atoms with Crippen LogP contribution in [0.15, 0.2) is 51.9 Å². The van der Waals surface area contributed by atoms with Gasteiger partial charge in [-0.25, -0.2) is 9.38 Å². The molecule has 1 fully saturated rings. The normalized spacial score (nSPS) is 17.0. The maximum Gasteiger partial charge on any atom is 0.256 e. The van der Waals surface area contributed by atoms with Gasteiger partial charge in [0.1, 0.15) is 28.4 Å². The predicted molar refractivity (Wildman–Crippen MR) is 106 cm³/mol. The van der Waals surface area contributed by atoms with Crippen LogP contribution < -0.4 is 10.9 Å². The molecule has 3 aromatic rings. The van der Waals surface area contributed by atoms with E-state index in [-0.39, 0.29) is 28.7 Å². The highest BCUT2D eigenvalue weighted by atomic mass is 35.5. The van der Waals surface area contributed by atoms with Crippen LogP contribution in [0.25, 0.3) is 11.0 Å². The van der Waals surface area contributed by atoms with E-state index in [0.717, 1.165) is 12.8 Å². The molecular formula is C21H18ClFN2O4. The first-order valence-corrected chi connectivity index (χ1v) is 9.54. The quantitative estimate of drug-likeness (QED) is 0.671. The molecule has 4 rings (SSSR count). The number of benzene rings is 2. The number of halogens is 2. The van der Waals surface area contributed by atoms with E-state index >= 15 is 0 Å². The molecule has 2 aromatic carbocycles. The van der Waals surface area contributed by atoms with Crippen molar-refractivity contribution in [3.63, 3.8) is 0 Å². The Kier molecular flexibility index (Phi) is 5.51. The van der Waals surface area contributed by atoms with Gasteiger partial charge in [-0.1, -0.05) is 11.6 Å². The Morgan fingerprint density at radius 1 is 1.28 bits per heavy atom. The summed E-state index contributed by atoms with van der Waals surface area (Å²) in [5.41, 5.74) is 0.297. The predicted octanol–water partition coefficient (Wildman–Crippen LogP) is 4.07. The lowest BCUT2D eigenvalue weighted by Gasteiger charge is -2.11. The Labute approximate surface area is 170 Å². The minimum atomic E-state index is -0.605. The van der Waals surface area contributed by atoms with Gasteiger partial charge in [0.25, 0.3) is 5.91 Å². The van der Waals surface area contributed by atoms with E-state index in [1.54, 1.807) is 12.1 Å². The highest BCUT2D eigenvalue weighted by molar-refractivity contribution is 6.30. The van der Waals surface area contributed by atoms with Crippen molar-refractivity contribution in [1.82, 2.24) is 5.32 Å². The topological polar surface area (TPSA) is 84.1 Å². The molecular weight excluding hydrogens is 399 g/mol. The number of hydrogen-bond acceptors (Lipinski definition) is 5. The number of hydrogen-bond donors (Lipinski definition) is 2. The number of carbonyl (C=O) groups excluding carboxylic acids is 1.